The summed E-state index contributed by atoms with van der Waals surface area (Å²) in [6, 6.07) is -0.171. The number of esters is 1. The van der Waals surface area contributed by atoms with Gasteiger partial charge in [0.25, 0.3) is 0 Å². The van der Waals surface area contributed by atoms with Crippen molar-refractivity contribution < 1.29 is 23.8 Å². The largest absolute Gasteiger partial charge is 0.508 e. The third-order valence-corrected chi connectivity index (χ3v) is 1.86. The van der Waals surface area contributed by atoms with E-state index in [4.69, 9.17) is 14.2 Å². The van der Waals surface area contributed by atoms with Crippen LogP contribution < -0.4 is 5.32 Å². The molecular formula is C14H27NO5. The highest BCUT2D eigenvalue weighted by Gasteiger charge is 2.19. The van der Waals surface area contributed by atoms with Crippen LogP contribution in [0.2, 0.25) is 0 Å². The predicted molar refractivity (Wildman–Crippen MR) is 75.5 cm³/mol. The predicted octanol–water partition coefficient (Wildman–Crippen LogP) is 2.26. The van der Waals surface area contributed by atoms with Crippen LogP contribution >= 0.6 is 0 Å². The molecule has 1 atom stereocenters. The quantitative estimate of drug-likeness (QED) is 0.783. The van der Waals surface area contributed by atoms with E-state index in [-0.39, 0.29) is 25.2 Å². The van der Waals surface area contributed by atoms with Gasteiger partial charge < -0.3 is 19.5 Å². The van der Waals surface area contributed by atoms with Crippen molar-refractivity contribution in [2.24, 2.45) is 0 Å². The van der Waals surface area contributed by atoms with Crippen molar-refractivity contribution in [3.63, 3.8) is 0 Å². The van der Waals surface area contributed by atoms with Gasteiger partial charge in [-0.2, -0.15) is 0 Å². The number of nitrogens with one attached hydrogen (secondary N) is 1. The van der Waals surface area contributed by atoms with Crippen LogP contribution in [-0.4, -0.2) is 42.5 Å². The third kappa shape index (κ3) is 11.8. The van der Waals surface area contributed by atoms with E-state index in [9.17, 15) is 9.59 Å². The SMILES string of the molecule is C[C@@H](COC(=O)OC(C)(C)C)NCC(=O)OC(C)(C)C. The molecule has 118 valence electrons. The molecule has 0 aliphatic heterocycles. The molecule has 0 rings (SSSR count). The standard InChI is InChI=1S/C14H27NO5/c1-10(9-18-12(17)20-14(5,6)7)15-8-11(16)19-13(2,3)4/h10,15H,8-9H2,1-7H3/t10-/m0/s1. The zero-order valence-corrected chi connectivity index (χ0v) is 13.5. The molecule has 0 spiro atoms. The molecule has 0 unspecified atom stereocenters. The van der Waals surface area contributed by atoms with Crippen LogP contribution in [0.4, 0.5) is 4.79 Å². The lowest BCUT2D eigenvalue weighted by Gasteiger charge is -2.21. The number of hydrogen-bond acceptors (Lipinski definition) is 6. The Morgan fingerprint density at radius 2 is 1.50 bits per heavy atom. The van der Waals surface area contributed by atoms with Crippen LogP contribution in [0.15, 0.2) is 0 Å². The van der Waals surface area contributed by atoms with Gasteiger partial charge in [0.1, 0.15) is 17.8 Å². The molecule has 0 radical (unpaired) electrons. The molecule has 0 bridgehead atoms. The normalized spacial score (nSPS) is 13.6. The molecule has 0 saturated carbocycles. The lowest BCUT2D eigenvalue weighted by molar-refractivity contribution is -0.153. The number of carbonyl (C=O) groups is 2. The van der Waals surface area contributed by atoms with Crippen molar-refractivity contribution in [2.75, 3.05) is 13.2 Å². The lowest BCUT2D eigenvalue weighted by atomic mass is 10.2. The number of rotatable bonds is 5. The minimum Gasteiger partial charge on any atom is -0.459 e. The molecule has 0 amide bonds. The third-order valence-electron chi connectivity index (χ3n) is 1.86. The van der Waals surface area contributed by atoms with Crippen molar-refractivity contribution >= 4 is 12.1 Å². The first-order valence-electron chi connectivity index (χ1n) is 6.70. The van der Waals surface area contributed by atoms with Gasteiger partial charge in [0.2, 0.25) is 0 Å². The van der Waals surface area contributed by atoms with Gasteiger partial charge in [0, 0.05) is 6.04 Å². The Labute approximate surface area is 121 Å². The number of carbonyl (C=O) groups excluding carboxylic acids is 2. The number of ether oxygens (including phenoxy) is 3. The first kappa shape index (κ1) is 18.7. The summed E-state index contributed by atoms with van der Waals surface area (Å²) in [5.74, 6) is -0.346. The Kier molecular flexibility index (Phi) is 6.99. The molecule has 6 nitrogen and oxygen atoms in total. The molecule has 20 heavy (non-hydrogen) atoms. The van der Waals surface area contributed by atoms with E-state index in [1.165, 1.54) is 0 Å². The molecular weight excluding hydrogens is 262 g/mol. The Balaban J connectivity index is 3.87. The van der Waals surface area contributed by atoms with Gasteiger partial charge in [0.15, 0.2) is 0 Å². The maximum absolute atomic E-state index is 11.5. The summed E-state index contributed by atoms with van der Waals surface area (Å²) < 4.78 is 15.1. The van der Waals surface area contributed by atoms with E-state index in [1.54, 1.807) is 48.5 Å². The summed E-state index contributed by atoms with van der Waals surface area (Å²) in [4.78, 5) is 22.8. The van der Waals surface area contributed by atoms with Crippen LogP contribution in [-0.2, 0) is 19.0 Å². The molecule has 0 aromatic heterocycles. The van der Waals surface area contributed by atoms with E-state index in [2.05, 4.69) is 5.32 Å². The summed E-state index contributed by atoms with van der Waals surface area (Å²) in [6.07, 6.45) is -0.719. The Hall–Kier alpha value is -1.30. The van der Waals surface area contributed by atoms with E-state index in [0.29, 0.717) is 0 Å². The van der Waals surface area contributed by atoms with E-state index < -0.39 is 17.4 Å². The zero-order valence-electron chi connectivity index (χ0n) is 13.5. The molecule has 0 aromatic carbocycles. The maximum Gasteiger partial charge on any atom is 0.508 e. The van der Waals surface area contributed by atoms with Gasteiger partial charge in [-0.15, -0.1) is 0 Å². The topological polar surface area (TPSA) is 73.9 Å². The Morgan fingerprint density at radius 3 is 1.95 bits per heavy atom. The van der Waals surface area contributed by atoms with Gasteiger partial charge in [-0.25, -0.2) is 4.79 Å². The summed E-state index contributed by atoms with van der Waals surface area (Å²) in [7, 11) is 0. The maximum atomic E-state index is 11.5. The van der Waals surface area contributed by atoms with Crippen LogP contribution in [0.3, 0.4) is 0 Å². The first-order valence-corrected chi connectivity index (χ1v) is 6.70. The average Bonchev–Trinajstić information content (AvgIpc) is 2.18. The second-order valence-corrected chi connectivity index (χ2v) is 6.64. The molecule has 0 aliphatic rings. The summed E-state index contributed by atoms with van der Waals surface area (Å²) in [5.41, 5.74) is -1.08. The molecule has 6 heteroatoms. The van der Waals surface area contributed by atoms with Gasteiger partial charge in [0.05, 0.1) is 6.54 Å². The summed E-state index contributed by atoms with van der Waals surface area (Å²) >= 11 is 0. The molecule has 0 saturated heterocycles. The van der Waals surface area contributed by atoms with Crippen LogP contribution in [0, 0.1) is 0 Å². The average molecular weight is 289 g/mol. The van der Waals surface area contributed by atoms with Crippen molar-refractivity contribution in [2.45, 2.75) is 65.7 Å². The van der Waals surface area contributed by atoms with Crippen molar-refractivity contribution in [1.82, 2.24) is 5.32 Å². The highest BCUT2D eigenvalue weighted by molar-refractivity contribution is 5.72. The fourth-order valence-electron chi connectivity index (χ4n) is 1.17. The van der Waals surface area contributed by atoms with E-state index in [0.717, 1.165) is 0 Å². The highest BCUT2D eigenvalue weighted by atomic mass is 16.7. The van der Waals surface area contributed by atoms with Gasteiger partial charge >= 0.3 is 12.1 Å². The second-order valence-electron chi connectivity index (χ2n) is 6.64. The molecule has 0 aromatic rings. The summed E-state index contributed by atoms with van der Waals surface area (Å²) in [6.45, 7) is 12.7. The van der Waals surface area contributed by atoms with Gasteiger partial charge in [-0.1, -0.05) is 0 Å². The van der Waals surface area contributed by atoms with E-state index >= 15 is 0 Å². The van der Waals surface area contributed by atoms with Crippen LogP contribution in [0.1, 0.15) is 48.5 Å². The molecule has 0 fully saturated rings. The molecule has 0 heterocycles. The summed E-state index contributed by atoms with van der Waals surface area (Å²) in [5, 5.41) is 2.92. The number of hydrogen-bond donors (Lipinski definition) is 1. The minimum absolute atomic E-state index is 0.0656. The van der Waals surface area contributed by atoms with Crippen LogP contribution in [0.25, 0.3) is 0 Å². The van der Waals surface area contributed by atoms with Crippen molar-refractivity contribution in [3.8, 4) is 0 Å². The van der Waals surface area contributed by atoms with Crippen molar-refractivity contribution in [1.29, 1.82) is 0 Å². The van der Waals surface area contributed by atoms with Crippen molar-refractivity contribution in [3.05, 3.63) is 0 Å². The highest BCUT2D eigenvalue weighted by Crippen LogP contribution is 2.08. The smallest absolute Gasteiger partial charge is 0.459 e. The second kappa shape index (κ2) is 7.47. The van der Waals surface area contributed by atoms with Gasteiger partial charge in [-0.05, 0) is 48.5 Å². The Bertz CT molecular complexity index is 295. The molecule has 1 N–H and O–H groups in total. The Morgan fingerprint density at radius 1 is 1.00 bits per heavy atom. The minimum atomic E-state index is -0.719. The molecule has 0 aliphatic carbocycles. The fourth-order valence-corrected chi connectivity index (χ4v) is 1.17. The monoisotopic (exact) mass is 289 g/mol. The van der Waals surface area contributed by atoms with Crippen LogP contribution in [0.5, 0.6) is 0 Å². The van der Waals surface area contributed by atoms with E-state index in [1.807, 2.05) is 0 Å². The first-order chi connectivity index (χ1) is 8.89. The fraction of sp³-hybridized carbons (Fsp3) is 0.857. The van der Waals surface area contributed by atoms with Gasteiger partial charge in [-0.3, -0.25) is 4.79 Å². The zero-order chi connectivity index (χ0) is 16.0. The lowest BCUT2D eigenvalue weighted by Crippen LogP contribution is -2.38.